The van der Waals surface area contributed by atoms with Gasteiger partial charge in [0.05, 0.1) is 12.3 Å². The molecule has 2 N–H and O–H groups in total. The van der Waals surface area contributed by atoms with Gasteiger partial charge < -0.3 is 20.1 Å². The van der Waals surface area contributed by atoms with Crippen LogP contribution in [-0.4, -0.2) is 62.5 Å². The van der Waals surface area contributed by atoms with Crippen LogP contribution in [0.5, 0.6) is 5.88 Å². The van der Waals surface area contributed by atoms with Crippen LogP contribution >= 0.6 is 0 Å². The van der Waals surface area contributed by atoms with Gasteiger partial charge >= 0.3 is 6.09 Å². The van der Waals surface area contributed by atoms with Gasteiger partial charge in [-0.2, -0.15) is 0 Å². The Balaban J connectivity index is 1.17. The monoisotopic (exact) mass is 669 g/mol. The predicted molar refractivity (Wildman–Crippen MR) is 191 cm³/mol. The SMILES string of the molecule is CC(C)(C)OC(=O)NCCCNC(=O)CCCCn1nnnc1C(C)(C)CCCCOc1cc(-c2ccccc2)cc(-c2ccccc2)n1. The van der Waals surface area contributed by atoms with E-state index in [1.54, 1.807) is 0 Å². The second-order valence-electron chi connectivity index (χ2n) is 13.8. The van der Waals surface area contributed by atoms with E-state index in [2.05, 4.69) is 70.3 Å². The van der Waals surface area contributed by atoms with Crippen LogP contribution in [0.3, 0.4) is 0 Å². The number of ether oxygens (including phenoxy) is 2. The van der Waals surface area contributed by atoms with E-state index in [0.29, 0.717) is 45.0 Å². The molecule has 0 radical (unpaired) electrons. The summed E-state index contributed by atoms with van der Waals surface area (Å²) in [7, 11) is 0. The molecular formula is C38H51N7O4. The Kier molecular flexibility index (Phi) is 13.7. The largest absolute Gasteiger partial charge is 0.478 e. The molecule has 4 aromatic rings. The lowest BCUT2D eigenvalue weighted by Crippen LogP contribution is -2.34. The van der Waals surface area contributed by atoms with E-state index in [1.165, 1.54) is 0 Å². The van der Waals surface area contributed by atoms with Gasteiger partial charge in [0.1, 0.15) is 5.60 Å². The number of carbonyl (C=O) groups is 2. The van der Waals surface area contributed by atoms with Gasteiger partial charge in [-0.25, -0.2) is 14.5 Å². The zero-order valence-electron chi connectivity index (χ0n) is 29.6. The number of aromatic nitrogens is 5. The van der Waals surface area contributed by atoms with Gasteiger partial charge in [0, 0.05) is 43.1 Å². The minimum Gasteiger partial charge on any atom is -0.478 e. The summed E-state index contributed by atoms with van der Waals surface area (Å²) < 4.78 is 13.3. The fourth-order valence-corrected chi connectivity index (χ4v) is 5.39. The Morgan fingerprint density at radius 1 is 0.776 bits per heavy atom. The number of hydrogen-bond donors (Lipinski definition) is 2. The van der Waals surface area contributed by atoms with Crippen molar-refractivity contribution in [3.63, 3.8) is 0 Å². The summed E-state index contributed by atoms with van der Waals surface area (Å²) in [5.41, 5.74) is 3.38. The lowest BCUT2D eigenvalue weighted by molar-refractivity contribution is -0.121. The number of pyridine rings is 1. The molecule has 0 bridgehead atoms. The van der Waals surface area contributed by atoms with E-state index in [-0.39, 0.29) is 11.3 Å². The van der Waals surface area contributed by atoms with Crippen LogP contribution in [0, 0.1) is 0 Å². The van der Waals surface area contributed by atoms with Crippen LogP contribution in [0.2, 0.25) is 0 Å². The van der Waals surface area contributed by atoms with Crippen LogP contribution in [0.15, 0.2) is 72.8 Å². The van der Waals surface area contributed by atoms with Gasteiger partial charge in [0.25, 0.3) is 0 Å². The molecule has 0 aliphatic heterocycles. The van der Waals surface area contributed by atoms with Crippen molar-refractivity contribution in [2.75, 3.05) is 19.7 Å². The Morgan fingerprint density at radius 2 is 1.47 bits per heavy atom. The van der Waals surface area contributed by atoms with Crippen molar-refractivity contribution in [2.45, 2.75) is 97.1 Å². The van der Waals surface area contributed by atoms with Crippen molar-refractivity contribution < 1.29 is 19.1 Å². The van der Waals surface area contributed by atoms with Crippen molar-refractivity contribution >= 4 is 12.0 Å². The van der Waals surface area contributed by atoms with Crippen LogP contribution in [0.4, 0.5) is 4.79 Å². The maximum Gasteiger partial charge on any atom is 0.407 e. The molecule has 2 heterocycles. The van der Waals surface area contributed by atoms with Gasteiger partial charge in [-0.3, -0.25) is 4.79 Å². The molecule has 2 aromatic heterocycles. The summed E-state index contributed by atoms with van der Waals surface area (Å²) in [6.45, 7) is 11.9. The molecule has 2 amide bonds. The molecule has 0 saturated carbocycles. The molecule has 2 aromatic carbocycles. The average molecular weight is 670 g/mol. The average Bonchev–Trinajstić information content (AvgIpc) is 3.56. The van der Waals surface area contributed by atoms with Gasteiger partial charge in [0.15, 0.2) is 5.82 Å². The molecule has 4 rings (SSSR count). The molecular weight excluding hydrogens is 618 g/mol. The van der Waals surface area contributed by atoms with Crippen LogP contribution in [0.1, 0.15) is 85.4 Å². The number of tetrazole rings is 1. The topological polar surface area (TPSA) is 133 Å². The number of nitrogens with one attached hydrogen (secondary N) is 2. The zero-order chi connectivity index (χ0) is 35.1. The number of hydrogen-bond acceptors (Lipinski definition) is 8. The standard InChI is InChI=1S/C38H51N7O4/c1-37(2,3)49-36(47)40-24-16-23-39-33(46)21-12-14-25-45-35(42-43-44-45)38(4,5)22-13-15-26-48-34-28-31(29-17-8-6-9-18-29)27-32(41-34)30-19-10-7-11-20-30/h6-11,17-20,27-28H,12-16,21-26H2,1-5H3,(H,39,46)(H,40,47). The number of amides is 2. The first-order valence-electron chi connectivity index (χ1n) is 17.3. The summed E-state index contributed by atoms with van der Waals surface area (Å²) in [6.07, 6.45) is 4.83. The highest BCUT2D eigenvalue weighted by Crippen LogP contribution is 2.30. The van der Waals surface area contributed by atoms with Crippen molar-refractivity contribution in [1.82, 2.24) is 35.8 Å². The number of rotatable bonds is 18. The Hall–Kier alpha value is -4.80. The molecule has 0 spiro atoms. The van der Waals surface area contributed by atoms with Crippen LogP contribution in [-0.2, 0) is 21.5 Å². The summed E-state index contributed by atoms with van der Waals surface area (Å²) in [5.74, 6) is 1.46. The molecule has 0 atom stereocenters. The van der Waals surface area contributed by atoms with E-state index in [4.69, 9.17) is 14.5 Å². The van der Waals surface area contributed by atoms with Gasteiger partial charge in [-0.15, -0.1) is 5.10 Å². The summed E-state index contributed by atoms with van der Waals surface area (Å²) >= 11 is 0. The van der Waals surface area contributed by atoms with E-state index >= 15 is 0 Å². The lowest BCUT2D eigenvalue weighted by atomic mass is 9.86. The van der Waals surface area contributed by atoms with Crippen LogP contribution < -0.4 is 15.4 Å². The molecule has 262 valence electrons. The number of benzene rings is 2. The molecule has 11 heteroatoms. The highest BCUT2D eigenvalue weighted by atomic mass is 16.6. The van der Waals surface area contributed by atoms with Crippen LogP contribution in [0.25, 0.3) is 22.4 Å². The number of unbranched alkanes of at least 4 members (excludes halogenated alkanes) is 2. The molecule has 49 heavy (non-hydrogen) atoms. The summed E-state index contributed by atoms with van der Waals surface area (Å²) in [6, 6.07) is 24.6. The van der Waals surface area contributed by atoms with Crippen molar-refractivity contribution in [2.24, 2.45) is 0 Å². The molecule has 0 aliphatic rings. The molecule has 0 fully saturated rings. The van der Waals surface area contributed by atoms with Crippen molar-refractivity contribution in [3.8, 4) is 28.3 Å². The number of alkyl carbamates (subject to hydrolysis) is 1. The Morgan fingerprint density at radius 3 is 2.18 bits per heavy atom. The van der Waals surface area contributed by atoms with Crippen molar-refractivity contribution in [3.05, 3.63) is 78.6 Å². The number of nitrogens with zero attached hydrogens (tertiary/aromatic N) is 5. The maximum absolute atomic E-state index is 12.3. The first-order chi connectivity index (χ1) is 23.5. The first-order valence-corrected chi connectivity index (χ1v) is 17.3. The Labute approximate surface area is 290 Å². The minimum absolute atomic E-state index is 0.00459. The van der Waals surface area contributed by atoms with Gasteiger partial charge in [-0.05, 0) is 86.9 Å². The highest BCUT2D eigenvalue weighted by Gasteiger charge is 2.27. The maximum atomic E-state index is 12.3. The molecule has 0 aliphatic carbocycles. The summed E-state index contributed by atoms with van der Waals surface area (Å²) in [4.78, 5) is 28.8. The van der Waals surface area contributed by atoms with Gasteiger partial charge in [-0.1, -0.05) is 74.5 Å². The fourth-order valence-electron chi connectivity index (χ4n) is 5.39. The molecule has 11 nitrogen and oxygen atoms in total. The van der Waals surface area contributed by atoms with Gasteiger partial charge in [0.2, 0.25) is 11.8 Å². The first kappa shape index (κ1) is 37.0. The Bertz CT molecular complexity index is 1540. The second-order valence-corrected chi connectivity index (χ2v) is 13.8. The predicted octanol–water partition coefficient (Wildman–Crippen LogP) is 7.13. The van der Waals surface area contributed by atoms with E-state index in [1.807, 2.05) is 67.9 Å². The number of aryl methyl sites for hydroxylation is 1. The zero-order valence-corrected chi connectivity index (χ0v) is 29.6. The third-order valence-electron chi connectivity index (χ3n) is 7.93. The van der Waals surface area contributed by atoms with E-state index in [9.17, 15) is 9.59 Å². The third kappa shape index (κ3) is 12.6. The highest BCUT2D eigenvalue weighted by molar-refractivity contribution is 5.75. The minimum atomic E-state index is -0.531. The van der Waals surface area contributed by atoms with E-state index in [0.717, 1.165) is 60.3 Å². The molecule has 0 saturated heterocycles. The fraction of sp³-hybridized carbons (Fsp3) is 0.474. The van der Waals surface area contributed by atoms with E-state index < -0.39 is 11.7 Å². The lowest BCUT2D eigenvalue weighted by Gasteiger charge is -2.23. The van der Waals surface area contributed by atoms with Crippen molar-refractivity contribution in [1.29, 1.82) is 0 Å². The molecule has 0 unspecified atom stereocenters. The smallest absolute Gasteiger partial charge is 0.407 e. The second kappa shape index (κ2) is 18.1. The quantitative estimate of drug-likeness (QED) is 0.107. The summed E-state index contributed by atoms with van der Waals surface area (Å²) in [5, 5.41) is 18.1. The number of carbonyl (C=O) groups excluding carboxylic acids is 2. The third-order valence-corrected chi connectivity index (χ3v) is 7.93. The normalized spacial score (nSPS) is 11.6.